The monoisotopic (exact) mass is 287 g/mol. The van der Waals surface area contributed by atoms with Crippen LogP contribution in [0.4, 0.5) is 0 Å². The van der Waals surface area contributed by atoms with E-state index in [1.807, 2.05) is 7.05 Å². The van der Waals surface area contributed by atoms with Crippen LogP contribution in [0.2, 0.25) is 0 Å². The molecule has 2 rings (SSSR count). The van der Waals surface area contributed by atoms with Crippen LogP contribution in [0.5, 0.6) is 0 Å². The van der Waals surface area contributed by atoms with Crippen molar-refractivity contribution in [2.75, 3.05) is 13.6 Å². The van der Waals surface area contributed by atoms with Gasteiger partial charge in [-0.05, 0) is 6.42 Å². The molecule has 0 aromatic rings. The van der Waals surface area contributed by atoms with Gasteiger partial charge in [-0.3, -0.25) is 4.79 Å². The molecule has 1 amide bonds. The Kier molecular flexibility index (Phi) is 5.72. The Morgan fingerprint density at radius 2 is 1.81 bits per heavy atom. The summed E-state index contributed by atoms with van der Waals surface area (Å²) in [6.07, 6.45) is 10.0. The largest absolute Gasteiger partial charge is 1.00 e. The van der Waals surface area contributed by atoms with Crippen molar-refractivity contribution in [1.82, 2.24) is 4.90 Å². The molecular weight excluding hydrogens is 272 g/mol. The van der Waals surface area contributed by atoms with E-state index in [2.05, 4.69) is 31.2 Å². The zero-order valence-corrected chi connectivity index (χ0v) is 15.2. The van der Waals surface area contributed by atoms with Crippen LogP contribution < -0.4 is 58.2 Å². The first-order valence-electron chi connectivity index (χ1n) is 5.32. The van der Waals surface area contributed by atoms with Crippen molar-refractivity contribution in [2.45, 2.75) is 19.8 Å². The van der Waals surface area contributed by atoms with Crippen LogP contribution in [-0.4, -0.2) is 24.4 Å². The van der Waals surface area contributed by atoms with E-state index < -0.39 is 0 Å². The zero-order chi connectivity index (χ0) is 10.8. The van der Waals surface area contributed by atoms with E-state index >= 15 is 0 Å². The van der Waals surface area contributed by atoms with Gasteiger partial charge in [0, 0.05) is 20.0 Å². The molecule has 1 aliphatic carbocycles. The maximum absolute atomic E-state index is 11.6. The molecule has 0 fully saturated rings. The van der Waals surface area contributed by atoms with Crippen LogP contribution in [0.1, 0.15) is 19.8 Å². The smallest absolute Gasteiger partial charge is 0.343 e. The summed E-state index contributed by atoms with van der Waals surface area (Å²) in [5.41, 5.74) is 2.58. The molecule has 0 atom stereocenters. The summed E-state index contributed by atoms with van der Waals surface area (Å²) in [5.74, 6) is 1.50. The summed E-state index contributed by atoms with van der Waals surface area (Å²) in [7, 11) is 1.87. The van der Waals surface area contributed by atoms with Gasteiger partial charge >= 0.3 is 58.2 Å². The van der Waals surface area contributed by atoms with E-state index in [0.29, 0.717) is 6.42 Å². The Morgan fingerprint density at radius 3 is 2.50 bits per heavy atom. The second kappa shape index (κ2) is 6.34. The van der Waals surface area contributed by atoms with Gasteiger partial charge in [0.1, 0.15) is 0 Å². The first-order valence-corrected chi connectivity index (χ1v) is 5.32. The normalized spacial score (nSPS) is 20.2. The predicted octanol–water partition coefficient (Wildman–Crippen LogP) is -0.740. The third-order valence-electron chi connectivity index (χ3n) is 2.95. The fourth-order valence-corrected chi connectivity index (χ4v) is 1.91. The molecule has 0 saturated carbocycles. The van der Waals surface area contributed by atoms with Crippen LogP contribution in [0.15, 0.2) is 35.5 Å². The van der Waals surface area contributed by atoms with E-state index in [4.69, 9.17) is 0 Å². The average molecular weight is 288 g/mol. The molecule has 0 aromatic heterocycles. The number of rotatable bonds is 0. The van der Waals surface area contributed by atoms with Crippen molar-refractivity contribution in [3.05, 3.63) is 41.4 Å². The average Bonchev–Trinajstić information content (AvgIpc) is 2.45. The molecule has 0 spiro atoms. The minimum absolute atomic E-state index is 0. The van der Waals surface area contributed by atoms with Gasteiger partial charge in [0.2, 0.25) is 5.91 Å². The van der Waals surface area contributed by atoms with Crippen LogP contribution in [0, 0.1) is 5.92 Å². The van der Waals surface area contributed by atoms with E-state index in [1.54, 1.807) is 4.90 Å². The van der Waals surface area contributed by atoms with Gasteiger partial charge in [-0.2, -0.15) is 30.2 Å². The predicted molar refractivity (Wildman–Crippen MR) is 61.1 cm³/mol. The number of allylic oxidation sites excluding steroid dienone is 4. The molecule has 0 saturated heterocycles. The summed E-state index contributed by atoms with van der Waals surface area (Å²) >= 11 is 0. The summed E-state index contributed by atoms with van der Waals surface area (Å²) in [5, 5.41) is 0. The van der Waals surface area contributed by atoms with Crippen molar-refractivity contribution in [2.24, 2.45) is 0 Å². The topological polar surface area (TPSA) is 20.3 Å². The number of carbonyl (C=O) groups excluding carboxylic acids is 1. The molecule has 16 heavy (non-hydrogen) atoms. The summed E-state index contributed by atoms with van der Waals surface area (Å²) in [6.45, 7) is 2.83. The fourth-order valence-electron chi connectivity index (χ4n) is 1.91. The van der Waals surface area contributed by atoms with Gasteiger partial charge in [-0.25, -0.2) is 0 Å². The van der Waals surface area contributed by atoms with Crippen LogP contribution in [0.3, 0.4) is 0 Å². The standard InChI is InChI=1S/C13H16NO.Rb/c1-10-3-5-11-7-8-13(15)14(2)9-12(11)6-4-10;/h3-6H,7-9H2,1-2H3;/q-1;+1. The Labute approximate surface area is 146 Å². The molecule has 0 bridgehead atoms. The van der Waals surface area contributed by atoms with E-state index in [9.17, 15) is 4.79 Å². The Morgan fingerprint density at radius 1 is 1.19 bits per heavy atom. The van der Waals surface area contributed by atoms with Crippen molar-refractivity contribution < 1.29 is 63.0 Å². The summed E-state index contributed by atoms with van der Waals surface area (Å²) < 4.78 is 0. The molecule has 3 heteroatoms. The molecule has 0 N–H and O–H groups in total. The summed E-state index contributed by atoms with van der Waals surface area (Å²) in [4.78, 5) is 13.4. The Hall–Kier alpha value is 0.365. The Balaban J connectivity index is 0.00000128. The maximum Gasteiger partial charge on any atom is 1.00 e. The van der Waals surface area contributed by atoms with Gasteiger partial charge in [0.15, 0.2) is 0 Å². The van der Waals surface area contributed by atoms with Gasteiger partial charge < -0.3 is 4.90 Å². The number of hydrogen-bond donors (Lipinski definition) is 0. The van der Waals surface area contributed by atoms with Gasteiger partial charge in [0.25, 0.3) is 0 Å². The van der Waals surface area contributed by atoms with Crippen LogP contribution in [0.25, 0.3) is 0 Å². The first-order chi connectivity index (χ1) is 7.16. The third kappa shape index (κ3) is 3.43. The number of hydrogen-bond acceptors (Lipinski definition) is 1. The SMILES string of the molecule is C[C-]1C=CC2=C(C=C1)CN(C)C(=O)CC2.[Rb+]. The van der Waals surface area contributed by atoms with Crippen LogP contribution >= 0.6 is 0 Å². The van der Waals surface area contributed by atoms with E-state index in [-0.39, 0.29) is 64.1 Å². The zero-order valence-electron chi connectivity index (χ0n) is 10.3. The second-order valence-corrected chi connectivity index (χ2v) is 4.21. The van der Waals surface area contributed by atoms with Gasteiger partial charge in [0.05, 0.1) is 0 Å². The molecule has 2 nitrogen and oxygen atoms in total. The van der Waals surface area contributed by atoms with Crippen molar-refractivity contribution in [3.63, 3.8) is 0 Å². The molecule has 80 valence electrons. The van der Waals surface area contributed by atoms with Crippen molar-refractivity contribution >= 4 is 5.91 Å². The fraction of sp³-hybridized carbons (Fsp3) is 0.385. The molecule has 0 aromatic carbocycles. The van der Waals surface area contributed by atoms with E-state index in [1.165, 1.54) is 17.1 Å². The van der Waals surface area contributed by atoms with Crippen molar-refractivity contribution in [3.8, 4) is 0 Å². The minimum Gasteiger partial charge on any atom is -0.343 e. The molecule has 0 unspecified atom stereocenters. The van der Waals surface area contributed by atoms with E-state index in [0.717, 1.165) is 13.0 Å². The number of carbonyl (C=O) groups is 1. The quantitative estimate of drug-likeness (QED) is 0.538. The summed E-state index contributed by atoms with van der Waals surface area (Å²) in [6, 6.07) is 0. The number of nitrogens with zero attached hydrogens (tertiary/aromatic N) is 1. The van der Waals surface area contributed by atoms with Crippen LogP contribution in [-0.2, 0) is 4.79 Å². The molecule has 2 aliphatic rings. The van der Waals surface area contributed by atoms with Gasteiger partial charge in [-0.15, -0.1) is 5.57 Å². The molecule has 1 heterocycles. The first kappa shape index (κ1) is 14.4. The Bertz CT molecular complexity index is 368. The minimum atomic E-state index is 0. The maximum atomic E-state index is 11.6. The molecular formula is C13H16NORb. The second-order valence-electron chi connectivity index (χ2n) is 4.21. The number of likely N-dealkylation sites (N-methyl/N-ethyl adjacent to an activating group) is 1. The third-order valence-corrected chi connectivity index (χ3v) is 2.95. The van der Waals surface area contributed by atoms with Crippen molar-refractivity contribution in [1.29, 1.82) is 0 Å². The van der Waals surface area contributed by atoms with Gasteiger partial charge in [-0.1, -0.05) is 12.5 Å². The number of amides is 1. The molecule has 1 aliphatic heterocycles. The molecule has 0 radical (unpaired) electrons.